The van der Waals surface area contributed by atoms with Crippen LogP contribution in [-0.2, 0) is 6.42 Å². The monoisotopic (exact) mass is 414 g/mol. The van der Waals surface area contributed by atoms with Crippen molar-refractivity contribution in [3.8, 4) is 16.9 Å². The van der Waals surface area contributed by atoms with E-state index in [2.05, 4.69) is 46.7 Å². The molecule has 4 N–H and O–H groups in total. The Morgan fingerprint density at radius 1 is 0.871 bits per heavy atom. The highest BCUT2D eigenvalue weighted by atomic mass is 16.3. The van der Waals surface area contributed by atoms with Crippen LogP contribution >= 0.6 is 0 Å². The van der Waals surface area contributed by atoms with Gasteiger partial charge in [-0.15, -0.1) is 0 Å². The van der Waals surface area contributed by atoms with Gasteiger partial charge >= 0.3 is 0 Å². The number of fused-ring (bicyclic) bond motifs is 1. The maximum atomic E-state index is 11.5. The maximum Gasteiger partial charge on any atom is 0.248 e. The van der Waals surface area contributed by atoms with Gasteiger partial charge in [0.15, 0.2) is 0 Å². The predicted octanol–water partition coefficient (Wildman–Crippen LogP) is 4.16. The average molecular weight is 415 g/mol. The molecule has 31 heavy (non-hydrogen) atoms. The number of hydrogen-bond acceptors (Lipinski definition) is 4. The number of aromatic amines is 1. The third-order valence-electron chi connectivity index (χ3n) is 5.48. The quantitative estimate of drug-likeness (QED) is 0.326. The molecule has 5 heteroatoms. The summed E-state index contributed by atoms with van der Waals surface area (Å²) in [4.78, 5) is 14.2. The van der Waals surface area contributed by atoms with Gasteiger partial charge in [0.05, 0.1) is 11.6 Å². The van der Waals surface area contributed by atoms with Crippen molar-refractivity contribution in [2.75, 3.05) is 13.1 Å². The molecular weight excluding hydrogens is 388 g/mol. The van der Waals surface area contributed by atoms with Crippen molar-refractivity contribution in [3.63, 3.8) is 0 Å². The van der Waals surface area contributed by atoms with Gasteiger partial charge in [-0.05, 0) is 53.8 Å². The molecule has 0 fully saturated rings. The van der Waals surface area contributed by atoms with E-state index in [1.807, 2.05) is 18.2 Å². The summed E-state index contributed by atoms with van der Waals surface area (Å²) in [6, 6.07) is 25.2. The molecule has 4 aromatic rings. The van der Waals surface area contributed by atoms with Crippen molar-refractivity contribution in [2.45, 2.75) is 18.9 Å². The molecule has 0 saturated carbocycles. The van der Waals surface area contributed by atoms with Gasteiger partial charge in [0.2, 0.25) is 5.56 Å². The molecule has 0 saturated heterocycles. The molecule has 0 aliphatic heterocycles. The Kier molecular flexibility index (Phi) is 6.46. The lowest BCUT2D eigenvalue weighted by molar-refractivity contribution is 0.176. The first-order valence-electron chi connectivity index (χ1n) is 10.5. The minimum absolute atomic E-state index is 0.00473. The second-order valence-corrected chi connectivity index (χ2v) is 7.67. The number of rotatable bonds is 8. The third-order valence-corrected chi connectivity index (χ3v) is 5.48. The van der Waals surface area contributed by atoms with Crippen LogP contribution in [-0.4, -0.2) is 28.3 Å². The fourth-order valence-corrected chi connectivity index (χ4v) is 3.81. The number of H-pyrrole nitrogens is 1. The van der Waals surface area contributed by atoms with Gasteiger partial charge in [0, 0.05) is 18.0 Å². The van der Waals surface area contributed by atoms with Gasteiger partial charge in [-0.25, -0.2) is 0 Å². The molecule has 0 aliphatic carbocycles. The molecule has 3 aromatic carbocycles. The van der Waals surface area contributed by atoms with Crippen molar-refractivity contribution in [1.29, 1.82) is 0 Å². The number of aliphatic hydroxyl groups excluding tert-OH is 1. The molecule has 4 rings (SSSR count). The number of aromatic hydroxyl groups is 1. The topological polar surface area (TPSA) is 85.3 Å². The molecule has 1 unspecified atom stereocenters. The maximum absolute atomic E-state index is 11.5. The lowest BCUT2D eigenvalue weighted by Crippen LogP contribution is -2.23. The van der Waals surface area contributed by atoms with Crippen molar-refractivity contribution < 1.29 is 10.2 Å². The second-order valence-electron chi connectivity index (χ2n) is 7.67. The number of phenolic OH excluding ortho intramolecular Hbond substituents is 1. The molecule has 0 amide bonds. The van der Waals surface area contributed by atoms with Crippen LogP contribution in [0.5, 0.6) is 5.75 Å². The lowest BCUT2D eigenvalue weighted by atomic mass is 10.0. The second kappa shape index (κ2) is 9.60. The van der Waals surface area contributed by atoms with E-state index in [9.17, 15) is 15.0 Å². The Bertz CT molecular complexity index is 1200. The van der Waals surface area contributed by atoms with Crippen LogP contribution in [0.2, 0.25) is 0 Å². The third kappa shape index (κ3) is 5.02. The molecule has 5 nitrogen and oxygen atoms in total. The van der Waals surface area contributed by atoms with Crippen LogP contribution in [0.3, 0.4) is 0 Å². The Labute approximate surface area is 181 Å². The van der Waals surface area contributed by atoms with Gasteiger partial charge in [0.1, 0.15) is 5.75 Å². The summed E-state index contributed by atoms with van der Waals surface area (Å²) in [5, 5.41) is 24.5. The smallest absolute Gasteiger partial charge is 0.248 e. The fourth-order valence-electron chi connectivity index (χ4n) is 3.81. The summed E-state index contributed by atoms with van der Waals surface area (Å²) in [7, 11) is 0. The van der Waals surface area contributed by atoms with Crippen molar-refractivity contribution in [1.82, 2.24) is 10.3 Å². The molecule has 0 spiro atoms. The first kappa shape index (κ1) is 20.8. The van der Waals surface area contributed by atoms with Crippen LogP contribution in [0.4, 0.5) is 0 Å². The molecule has 0 radical (unpaired) electrons. The Hall–Kier alpha value is -3.41. The lowest BCUT2D eigenvalue weighted by Gasteiger charge is -2.15. The standard InChI is InChI=1S/C26H26N2O3/c29-23-14-12-21(22-13-15-25(31)28-26(22)23)24(30)17-27-16-4-5-18-8-10-20(11-9-18)19-6-2-1-3-7-19/h1-3,6-15,24,27,29-30H,4-5,16-17H2,(H,28,31). The van der Waals surface area contributed by atoms with Crippen molar-refractivity contribution in [3.05, 3.63) is 100 Å². The molecular formula is C26H26N2O3. The zero-order valence-corrected chi connectivity index (χ0v) is 17.2. The van der Waals surface area contributed by atoms with Crippen LogP contribution in [0.25, 0.3) is 22.0 Å². The minimum Gasteiger partial charge on any atom is -0.506 e. The van der Waals surface area contributed by atoms with Gasteiger partial charge in [-0.2, -0.15) is 0 Å². The van der Waals surface area contributed by atoms with E-state index in [0.717, 1.165) is 19.4 Å². The predicted molar refractivity (Wildman–Crippen MR) is 124 cm³/mol. The number of aryl methyl sites for hydroxylation is 1. The number of aliphatic hydroxyl groups is 1. The number of aromatic nitrogens is 1. The van der Waals surface area contributed by atoms with Crippen LogP contribution in [0.1, 0.15) is 23.7 Å². The van der Waals surface area contributed by atoms with Gasteiger partial charge in [-0.1, -0.05) is 60.7 Å². The van der Waals surface area contributed by atoms with Crippen LogP contribution in [0, 0.1) is 0 Å². The number of pyridine rings is 1. The van der Waals surface area contributed by atoms with Crippen LogP contribution < -0.4 is 10.9 Å². The number of benzene rings is 3. The van der Waals surface area contributed by atoms with Gasteiger partial charge in [-0.3, -0.25) is 4.79 Å². The molecule has 1 aromatic heterocycles. The Morgan fingerprint density at radius 2 is 1.61 bits per heavy atom. The molecule has 1 heterocycles. The summed E-state index contributed by atoms with van der Waals surface area (Å²) >= 11 is 0. The van der Waals surface area contributed by atoms with E-state index in [1.54, 1.807) is 12.1 Å². The zero-order valence-electron chi connectivity index (χ0n) is 17.2. The summed E-state index contributed by atoms with van der Waals surface area (Å²) in [6.07, 6.45) is 1.18. The first-order chi connectivity index (χ1) is 15.1. The summed E-state index contributed by atoms with van der Waals surface area (Å²) in [5.41, 5.74) is 4.46. The zero-order chi connectivity index (χ0) is 21.6. The Morgan fingerprint density at radius 3 is 2.39 bits per heavy atom. The number of hydrogen-bond donors (Lipinski definition) is 4. The highest BCUT2D eigenvalue weighted by molar-refractivity contribution is 5.87. The van der Waals surface area contributed by atoms with E-state index in [0.29, 0.717) is 23.0 Å². The van der Waals surface area contributed by atoms with E-state index < -0.39 is 6.10 Å². The number of phenols is 1. The van der Waals surface area contributed by atoms with E-state index in [1.165, 1.54) is 28.8 Å². The molecule has 0 bridgehead atoms. The van der Waals surface area contributed by atoms with E-state index >= 15 is 0 Å². The minimum atomic E-state index is -0.737. The van der Waals surface area contributed by atoms with Crippen molar-refractivity contribution in [2.24, 2.45) is 0 Å². The van der Waals surface area contributed by atoms with E-state index in [4.69, 9.17) is 0 Å². The normalized spacial score (nSPS) is 12.2. The highest BCUT2D eigenvalue weighted by Gasteiger charge is 2.13. The summed E-state index contributed by atoms with van der Waals surface area (Å²) in [6.45, 7) is 1.18. The van der Waals surface area contributed by atoms with Gasteiger partial charge in [0.25, 0.3) is 0 Å². The first-order valence-corrected chi connectivity index (χ1v) is 10.5. The molecule has 158 valence electrons. The average Bonchev–Trinajstić information content (AvgIpc) is 2.80. The fraction of sp³-hybridized carbons (Fsp3) is 0.192. The Balaban J connectivity index is 1.28. The molecule has 0 aliphatic rings. The largest absolute Gasteiger partial charge is 0.506 e. The molecule has 1 atom stereocenters. The van der Waals surface area contributed by atoms with Crippen molar-refractivity contribution >= 4 is 10.9 Å². The van der Waals surface area contributed by atoms with Crippen LogP contribution in [0.15, 0.2) is 83.7 Å². The number of nitrogens with one attached hydrogen (secondary N) is 2. The SMILES string of the molecule is O=c1ccc2c(C(O)CNCCCc3ccc(-c4ccccc4)cc3)ccc(O)c2[nH]1. The summed E-state index contributed by atoms with van der Waals surface area (Å²) in [5.74, 6) is -0.00473. The highest BCUT2D eigenvalue weighted by Crippen LogP contribution is 2.28. The summed E-state index contributed by atoms with van der Waals surface area (Å²) < 4.78 is 0. The van der Waals surface area contributed by atoms with Gasteiger partial charge < -0.3 is 20.5 Å². The van der Waals surface area contributed by atoms with E-state index in [-0.39, 0.29) is 11.3 Å².